The van der Waals surface area contributed by atoms with Gasteiger partial charge in [-0.2, -0.15) is 0 Å². The molecule has 0 radical (unpaired) electrons. The van der Waals surface area contributed by atoms with Crippen molar-refractivity contribution < 1.29 is 18.9 Å². The van der Waals surface area contributed by atoms with Crippen LogP contribution in [0.4, 0.5) is 0 Å². The summed E-state index contributed by atoms with van der Waals surface area (Å²) in [6, 6.07) is 0. The van der Waals surface area contributed by atoms with E-state index in [-0.39, 0.29) is 24.4 Å². The average molecular weight is 202 g/mol. The predicted octanol–water partition coefficient (Wildman–Crippen LogP) is 1.29. The maximum absolute atomic E-state index is 5.55. The van der Waals surface area contributed by atoms with Crippen LogP contribution < -0.4 is 0 Å². The van der Waals surface area contributed by atoms with Gasteiger partial charge in [-0.3, -0.25) is 0 Å². The van der Waals surface area contributed by atoms with E-state index in [0.29, 0.717) is 13.6 Å². The van der Waals surface area contributed by atoms with Crippen LogP contribution in [0.15, 0.2) is 0 Å². The van der Waals surface area contributed by atoms with Gasteiger partial charge in [0.1, 0.15) is 25.8 Å². The predicted molar refractivity (Wildman–Crippen MR) is 49.8 cm³/mol. The molecule has 0 aliphatic carbocycles. The first-order valence-electron chi connectivity index (χ1n) is 5.33. The van der Waals surface area contributed by atoms with Crippen molar-refractivity contribution in [3.05, 3.63) is 0 Å². The Kier molecular flexibility index (Phi) is 3.38. The Morgan fingerprint density at radius 1 is 0.786 bits per heavy atom. The van der Waals surface area contributed by atoms with Crippen molar-refractivity contribution in [1.29, 1.82) is 0 Å². The zero-order valence-corrected chi connectivity index (χ0v) is 8.77. The maximum atomic E-state index is 5.55. The minimum absolute atomic E-state index is 0.0486. The zero-order chi connectivity index (χ0) is 9.97. The summed E-state index contributed by atoms with van der Waals surface area (Å²) in [7, 11) is 0. The van der Waals surface area contributed by atoms with Crippen LogP contribution >= 0.6 is 0 Å². The summed E-state index contributed by atoms with van der Waals surface area (Å²) in [6.07, 6.45) is 2.33. The summed E-state index contributed by atoms with van der Waals surface area (Å²) >= 11 is 0. The van der Waals surface area contributed by atoms with Crippen LogP contribution in [-0.4, -0.2) is 38.0 Å². The number of hydrogen-bond donors (Lipinski definition) is 0. The third kappa shape index (κ3) is 1.80. The Bertz CT molecular complexity index is 165. The molecule has 0 aromatic carbocycles. The van der Waals surface area contributed by atoms with Crippen LogP contribution in [0.5, 0.6) is 0 Å². The first kappa shape index (κ1) is 10.4. The molecule has 2 heterocycles. The first-order valence-corrected chi connectivity index (χ1v) is 5.33. The second-order valence-electron chi connectivity index (χ2n) is 3.73. The van der Waals surface area contributed by atoms with Gasteiger partial charge in [-0.05, 0) is 12.8 Å². The number of hydrogen-bond acceptors (Lipinski definition) is 4. The summed E-state index contributed by atoms with van der Waals surface area (Å²) in [5.41, 5.74) is 0. The minimum Gasteiger partial charge on any atom is -0.349 e. The quantitative estimate of drug-likeness (QED) is 0.676. The molecular formula is C10H18O4. The van der Waals surface area contributed by atoms with Gasteiger partial charge in [0.15, 0.2) is 0 Å². The van der Waals surface area contributed by atoms with Crippen LogP contribution in [0.1, 0.15) is 26.7 Å². The maximum Gasteiger partial charge on any atom is 0.147 e. The van der Waals surface area contributed by atoms with Gasteiger partial charge in [0, 0.05) is 0 Å². The van der Waals surface area contributed by atoms with E-state index in [0.717, 1.165) is 12.8 Å². The van der Waals surface area contributed by atoms with Crippen molar-refractivity contribution in [3.63, 3.8) is 0 Å². The molecule has 2 fully saturated rings. The third-order valence-corrected chi connectivity index (χ3v) is 2.95. The normalized spacial score (nSPS) is 43.3. The molecule has 0 aromatic rings. The highest BCUT2D eigenvalue weighted by atomic mass is 16.8. The molecule has 2 saturated heterocycles. The molecule has 0 amide bonds. The van der Waals surface area contributed by atoms with E-state index < -0.39 is 0 Å². The molecule has 4 nitrogen and oxygen atoms in total. The molecule has 4 atom stereocenters. The van der Waals surface area contributed by atoms with Crippen LogP contribution in [0.2, 0.25) is 0 Å². The fourth-order valence-corrected chi connectivity index (χ4v) is 2.13. The highest BCUT2D eigenvalue weighted by Gasteiger charge is 2.42. The summed E-state index contributed by atoms with van der Waals surface area (Å²) in [5, 5.41) is 0. The van der Waals surface area contributed by atoms with Crippen molar-refractivity contribution >= 4 is 0 Å². The second kappa shape index (κ2) is 4.57. The molecule has 14 heavy (non-hydrogen) atoms. The van der Waals surface area contributed by atoms with Crippen molar-refractivity contribution in [2.75, 3.05) is 13.6 Å². The van der Waals surface area contributed by atoms with Gasteiger partial charge < -0.3 is 18.9 Å². The summed E-state index contributed by atoms with van der Waals surface area (Å²) < 4.78 is 22.1. The second-order valence-corrected chi connectivity index (χ2v) is 3.73. The lowest BCUT2D eigenvalue weighted by molar-refractivity contribution is -0.322. The molecule has 4 heteroatoms. The van der Waals surface area contributed by atoms with Crippen molar-refractivity contribution in [2.45, 2.75) is 51.1 Å². The van der Waals surface area contributed by atoms with E-state index in [1.807, 2.05) is 0 Å². The molecule has 2 aliphatic rings. The summed E-state index contributed by atoms with van der Waals surface area (Å²) in [4.78, 5) is 0. The molecule has 0 N–H and O–H groups in total. The number of fused-ring (bicyclic) bond motifs is 1. The van der Waals surface area contributed by atoms with Crippen LogP contribution in [0.3, 0.4) is 0 Å². The Morgan fingerprint density at radius 3 is 1.57 bits per heavy atom. The molecule has 0 spiro atoms. The van der Waals surface area contributed by atoms with E-state index in [4.69, 9.17) is 18.9 Å². The van der Waals surface area contributed by atoms with Gasteiger partial charge in [0.05, 0.1) is 12.2 Å². The largest absolute Gasteiger partial charge is 0.349 e. The molecule has 2 rings (SSSR count). The highest BCUT2D eigenvalue weighted by molar-refractivity contribution is 4.88. The van der Waals surface area contributed by atoms with Gasteiger partial charge in [0.25, 0.3) is 0 Å². The fourth-order valence-electron chi connectivity index (χ4n) is 2.13. The van der Waals surface area contributed by atoms with Crippen molar-refractivity contribution in [1.82, 2.24) is 0 Å². The van der Waals surface area contributed by atoms with Gasteiger partial charge >= 0.3 is 0 Å². The van der Waals surface area contributed by atoms with Gasteiger partial charge in [-0.25, -0.2) is 0 Å². The van der Waals surface area contributed by atoms with Gasteiger partial charge in [-0.1, -0.05) is 13.8 Å². The van der Waals surface area contributed by atoms with Crippen molar-refractivity contribution in [3.8, 4) is 0 Å². The van der Waals surface area contributed by atoms with E-state index >= 15 is 0 Å². The number of ether oxygens (including phenoxy) is 4. The van der Waals surface area contributed by atoms with E-state index in [9.17, 15) is 0 Å². The molecule has 0 aromatic heterocycles. The lowest BCUT2D eigenvalue weighted by atomic mass is 9.98. The topological polar surface area (TPSA) is 36.9 Å². The van der Waals surface area contributed by atoms with Crippen LogP contribution in [0.25, 0.3) is 0 Å². The molecular weight excluding hydrogens is 184 g/mol. The third-order valence-electron chi connectivity index (χ3n) is 2.95. The number of rotatable bonds is 2. The SMILES string of the molecule is CC[C@@H]1OCOC2C1OCO[C@@H]2CC. The van der Waals surface area contributed by atoms with Crippen LogP contribution in [-0.2, 0) is 18.9 Å². The molecule has 2 unspecified atom stereocenters. The Hall–Kier alpha value is -0.160. The Balaban J connectivity index is 2.04. The first-order chi connectivity index (χ1) is 6.86. The standard InChI is InChI=1S/C10H18O4/c1-3-7-9-10(14-5-11-7)8(4-2)12-6-13-9/h7-10H,3-6H2,1-2H3/t7-,8+,9?,10?. The minimum atomic E-state index is 0.0486. The van der Waals surface area contributed by atoms with E-state index in [1.165, 1.54) is 0 Å². The monoisotopic (exact) mass is 202 g/mol. The fraction of sp³-hybridized carbons (Fsp3) is 1.00. The molecule has 2 aliphatic heterocycles. The molecule has 0 bridgehead atoms. The summed E-state index contributed by atoms with van der Waals surface area (Å²) in [5.74, 6) is 0. The lowest BCUT2D eigenvalue weighted by Crippen LogP contribution is -2.56. The smallest absolute Gasteiger partial charge is 0.147 e. The molecule has 82 valence electrons. The van der Waals surface area contributed by atoms with Gasteiger partial charge in [0.2, 0.25) is 0 Å². The van der Waals surface area contributed by atoms with Gasteiger partial charge in [-0.15, -0.1) is 0 Å². The Labute approximate surface area is 84.5 Å². The van der Waals surface area contributed by atoms with Crippen molar-refractivity contribution in [2.24, 2.45) is 0 Å². The Morgan fingerprint density at radius 2 is 1.21 bits per heavy atom. The zero-order valence-electron chi connectivity index (χ0n) is 8.77. The van der Waals surface area contributed by atoms with Crippen LogP contribution in [0, 0.1) is 0 Å². The average Bonchev–Trinajstić information content (AvgIpc) is 2.27. The molecule has 0 saturated carbocycles. The summed E-state index contributed by atoms with van der Waals surface area (Å²) in [6.45, 7) is 4.94. The lowest BCUT2D eigenvalue weighted by Gasteiger charge is -2.43. The van der Waals surface area contributed by atoms with E-state index in [2.05, 4.69) is 13.8 Å². The van der Waals surface area contributed by atoms with E-state index in [1.54, 1.807) is 0 Å². The highest BCUT2D eigenvalue weighted by Crippen LogP contribution is 2.28.